The fourth-order valence-corrected chi connectivity index (χ4v) is 9.48. The monoisotopic (exact) mass is 435 g/mol. The van der Waals surface area contributed by atoms with Crippen LogP contribution in [0.2, 0.25) is 0 Å². The number of amides is 1. The quantitative estimate of drug-likeness (QED) is 0.582. The van der Waals surface area contributed by atoms with E-state index in [1.54, 1.807) is 0 Å². The molecule has 1 amide bonds. The van der Waals surface area contributed by atoms with Gasteiger partial charge in [-0.3, -0.25) is 0 Å². The van der Waals surface area contributed by atoms with Crippen LogP contribution in [0.25, 0.3) is 0 Å². The molecular formula is C26H45NO4. The van der Waals surface area contributed by atoms with Gasteiger partial charge in [-0.15, -0.1) is 0 Å². The topological polar surface area (TPSA) is 92.8 Å². The van der Waals surface area contributed by atoms with Gasteiger partial charge in [0.25, 0.3) is 0 Å². The summed E-state index contributed by atoms with van der Waals surface area (Å²) >= 11 is 0. The average molecular weight is 436 g/mol. The van der Waals surface area contributed by atoms with Crippen molar-refractivity contribution >= 4 is 6.09 Å². The van der Waals surface area contributed by atoms with E-state index in [1.807, 2.05) is 0 Å². The van der Waals surface area contributed by atoms with E-state index in [9.17, 15) is 15.0 Å². The Morgan fingerprint density at radius 2 is 1.74 bits per heavy atom. The van der Waals surface area contributed by atoms with Gasteiger partial charge in [0, 0.05) is 0 Å². The van der Waals surface area contributed by atoms with Crippen LogP contribution in [-0.2, 0) is 4.74 Å². The molecule has 4 N–H and O–H groups in total. The average Bonchev–Trinajstić information content (AvgIpc) is 3.06. The van der Waals surface area contributed by atoms with Gasteiger partial charge < -0.3 is 20.7 Å². The van der Waals surface area contributed by atoms with Crippen molar-refractivity contribution in [1.82, 2.24) is 0 Å². The molecule has 11 atom stereocenters. The van der Waals surface area contributed by atoms with E-state index in [1.165, 1.54) is 25.7 Å². The fourth-order valence-electron chi connectivity index (χ4n) is 9.48. The van der Waals surface area contributed by atoms with Gasteiger partial charge in [0.1, 0.15) is 0 Å². The smallest absolute Gasteiger partial charge is 0.404 e. The van der Waals surface area contributed by atoms with Gasteiger partial charge in [-0.2, -0.15) is 0 Å². The Hall–Kier alpha value is -0.810. The van der Waals surface area contributed by atoms with Crippen molar-refractivity contribution in [2.75, 3.05) is 6.61 Å². The Bertz CT molecular complexity index is 670. The van der Waals surface area contributed by atoms with Crippen molar-refractivity contribution in [3.05, 3.63) is 0 Å². The first-order valence-electron chi connectivity index (χ1n) is 12.9. The van der Waals surface area contributed by atoms with Crippen LogP contribution in [0.5, 0.6) is 0 Å². The second-order valence-electron chi connectivity index (χ2n) is 12.1. The lowest BCUT2D eigenvalue weighted by atomic mass is 9.41. The summed E-state index contributed by atoms with van der Waals surface area (Å²) in [6.45, 7) is 9.93. The van der Waals surface area contributed by atoms with Crippen LogP contribution in [0.1, 0.15) is 85.5 Å². The zero-order chi connectivity index (χ0) is 22.6. The summed E-state index contributed by atoms with van der Waals surface area (Å²) in [6, 6.07) is 0. The lowest BCUT2D eigenvalue weighted by molar-refractivity contribution is -0.203. The van der Waals surface area contributed by atoms with Gasteiger partial charge in [-0.25, -0.2) is 4.79 Å². The predicted octanol–water partition coefficient (Wildman–Crippen LogP) is 4.73. The number of carbonyl (C=O) groups excluding carboxylic acids is 1. The molecule has 5 heteroatoms. The summed E-state index contributed by atoms with van der Waals surface area (Å²) in [5.74, 6) is 3.40. The highest BCUT2D eigenvalue weighted by Crippen LogP contribution is 2.69. The molecule has 0 aromatic rings. The van der Waals surface area contributed by atoms with E-state index < -0.39 is 6.09 Å². The SMILES string of the molecule is CC[C@H]1[C@@H](O)C2[C@@H]3CC[C@H]([C@H](C)CCOC(N)=O)[C@@]3(C)CC[C@@H]2[C@@]2(C)CC[C@@H](O)C[C@@H]12. The third kappa shape index (κ3) is 3.72. The van der Waals surface area contributed by atoms with Gasteiger partial charge in [0.2, 0.25) is 0 Å². The number of aliphatic hydroxyl groups is 2. The van der Waals surface area contributed by atoms with E-state index in [0.717, 1.165) is 32.1 Å². The summed E-state index contributed by atoms with van der Waals surface area (Å²) < 4.78 is 5.03. The van der Waals surface area contributed by atoms with E-state index >= 15 is 0 Å². The van der Waals surface area contributed by atoms with E-state index in [2.05, 4.69) is 27.7 Å². The van der Waals surface area contributed by atoms with Crippen LogP contribution in [0.4, 0.5) is 4.79 Å². The molecule has 4 fully saturated rings. The van der Waals surface area contributed by atoms with Gasteiger partial charge in [-0.05, 0) is 104 Å². The molecular weight excluding hydrogens is 390 g/mol. The third-order valence-corrected chi connectivity index (χ3v) is 11.0. The highest BCUT2D eigenvalue weighted by atomic mass is 16.5. The van der Waals surface area contributed by atoms with E-state index in [0.29, 0.717) is 48.0 Å². The van der Waals surface area contributed by atoms with Crippen LogP contribution in [0.15, 0.2) is 0 Å². The second-order valence-corrected chi connectivity index (χ2v) is 12.1. The number of carbonyl (C=O) groups is 1. The maximum atomic E-state index is 11.7. The van der Waals surface area contributed by atoms with Crippen LogP contribution in [0.3, 0.4) is 0 Å². The molecule has 4 rings (SSSR count). The van der Waals surface area contributed by atoms with Crippen molar-refractivity contribution in [3.8, 4) is 0 Å². The maximum Gasteiger partial charge on any atom is 0.404 e. The number of hydrogen-bond acceptors (Lipinski definition) is 4. The number of rotatable bonds is 5. The summed E-state index contributed by atoms with van der Waals surface area (Å²) in [6.07, 6.45) is 8.52. The summed E-state index contributed by atoms with van der Waals surface area (Å²) in [5, 5.41) is 22.2. The first kappa shape index (κ1) is 23.4. The molecule has 0 saturated heterocycles. The molecule has 0 radical (unpaired) electrons. The molecule has 178 valence electrons. The largest absolute Gasteiger partial charge is 0.450 e. The zero-order valence-corrected chi connectivity index (χ0v) is 20.1. The van der Waals surface area contributed by atoms with Gasteiger partial charge in [-0.1, -0.05) is 34.1 Å². The van der Waals surface area contributed by atoms with Gasteiger partial charge in [0.05, 0.1) is 18.8 Å². The summed E-state index contributed by atoms with van der Waals surface area (Å²) in [7, 11) is 0. The Labute approximate surface area is 188 Å². The summed E-state index contributed by atoms with van der Waals surface area (Å²) in [5.41, 5.74) is 5.66. The standard InChI is InChI=1S/C26H45NO4/c1-5-17-21-14-16(28)8-11-26(21,4)20-9-12-25(3)18(15(2)10-13-31-24(27)30)6-7-19(25)22(20)23(17)29/h15-23,28-29H,5-14H2,1-4H3,(H2,27,30)/t15-,16-,17-,18-,19+,20+,21+,22?,23-,25-,26-/m1/s1. The number of primary amides is 1. The zero-order valence-electron chi connectivity index (χ0n) is 20.1. The molecule has 0 aliphatic heterocycles. The number of hydrogen-bond donors (Lipinski definition) is 3. The molecule has 31 heavy (non-hydrogen) atoms. The number of ether oxygens (including phenoxy) is 1. The van der Waals surface area contributed by atoms with E-state index in [-0.39, 0.29) is 23.0 Å². The van der Waals surface area contributed by atoms with Crippen LogP contribution in [-0.4, -0.2) is 35.1 Å². The minimum Gasteiger partial charge on any atom is -0.450 e. The minimum absolute atomic E-state index is 0.191. The predicted molar refractivity (Wildman–Crippen MR) is 121 cm³/mol. The second kappa shape index (κ2) is 8.52. The fraction of sp³-hybridized carbons (Fsp3) is 0.962. The summed E-state index contributed by atoms with van der Waals surface area (Å²) in [4.78, 5) is 11.0. The lowest BCUT2D eigenvalue weighted by Gasteiger charge is -2.64. The first-order valence-corrected chi connectivity index (χ1v) is 12.9. The number of aliphatic hydroxyl groups excluding tert-OH is 2. The number of fused-ring (bicyclic) bond motifs is 5. The molecule has 0 bridgehead atoms. The molecule has 5 nitrogen and oxygen atoms in total. The minimum atomic E-state index is -0.681. The highest BCUT2D eigenvalue weighted by molar-refractivity contribution is 5.64. The molecule has 0 heterocycles. The molecule has 4 aliphatic carbocycles. The molecule has 0 aromatic carbocycles. The highest BCUT2D eigenvalue weighted by Gasteiger charge is 2.64. The Balaban J connectivity index is 1.57. The van der Waals surface area contributed by atoms with Crippen molar-refractivity contribution in [2.45, 2.75) is 97.7 Å². The normalized spacial score (nSPS) is 50.1. The number of nitrogens with two attached hydrogens (primary N) is 1. The molecule has 4 saturated carbocycles. The van der Waals surface area contributed by atoms with Crippen molar-refractivity contribution in [1.29, 1.82) is 0 Å². The molecule has 0 spiro atoms. The van der Waals surface area contributed by atoms with E-state index in [4.69, 9.17) is 10.5 Å². The third-order valence-electron chi connectivity index (χ3n) is 11.0. The van der Waals surface area contributed by atoms with Crippen LogP contribution < -0.4 is 5.73 Å². The van der Waals surface area contributed by atoms with Gasteiger partial charge in [0.15, 0.2) is 0 Å². The lowest BCUT2D eigenvalue weighted by Crippen LogP contribution is -2.62. The Kier molecular flexibility index (Phi) is 6.42. The molecule has 0 aromatic heterocycles. The van der Waals surface area contributed by atoms with Crippen molar-refractivity contribution in [3.63, 3.8) is 0 Å². The van der Waals surface area contributed by atoms with Crippen molar-refractivity contribution in [2.24, 2.45) is 58.0 Å². The maximum absolute atomic E-state index is 11.7. The Morgan fingerprint density at radius 1 is 1.06 bits per heavy atom. The van der Waals surface area contributed by atoms with Crippen molar-refractivity contribution < 1.29 is 19.7 Å². The Morgan fingerprint density at radius 3 is 2.42 bits per heavy atom. The van der Waals surface area contributed by atoms with Crippen LogP contribution in [0, 0.1) is 52.3 Å². The van der Waals surface area contributed by atoms with Crippen LogP contribution >= 0.6 is 0 Å². The molecule has 1 unspecified atom stereocenters. The first-order chi connectivity index (χ1) is 14.6. The molecule has 4 aliphatic rings. The van der Waals surface area contributed by atoms with Gasteiger partial charge >= 0.3 is 6.09 Å².